The molecule has 0 atom stereocenters. The number of rotatable bonds is 8. The van der Waals surface area contributed by atoms with Gasteiger partial charge in [0.25, 0.3) is 0 Å². The second-order valence-electron chi connectivity index (χ2n) is 7.03. The van der Waals surface area contributed by atoms with Gasteiger partial charge in [-0.2, -0.15) is 5.26 Å². The Morgan fingerprint density at radius 3 is 2.42 bits per heavy atom. The van der Waals surface area contributed by atoms with Gasteiger partial charge in [0.2, 0.25) is 5.95 Å². The van der Waals surface area contributed by atoms with E-state index in [1.54, 1.807) is 38.6 Å². The molecule has 8 heteroatoms. The molecule has 3 rings (SSSR count). The summed E-state index contributed by atoms with van der Waals surface area (Å²) in [6.07, 6.45) is 1.67. The van der Waals surface area contributed by atoms with Crippen LogP contribution in [0, 0.1) is 11.3 Å². The van der Waals surface area contributed by atoms with Crippen molar-refractivity contribution < 1.29 is 14.2 Å². The van der Waals surface area contributed by atoms with Gasteiger partial charge in [0.05, 0.1) is 32.6 Å². The van der Waals surface area contributed by atoms with Gasteiger partial charge in [-0.05, 0) is 44.4 Å². The number of hydrogen-bond donors (Lipinski definition) is 1. The maximum absolute atomic E-state index is 9.35. The number of benzene rings is 2. The first-order valence-electron chi connectivity index (χ1n) is 9.57. The molecule has 0 aliphatic rings. The van der Waals surface area contributed by atoms with E-state index >= 15 is 0 Å². The Kier molecular flexibility index (Phi) is 6.90. The van der Waals surface area contributed by atoms with Crippen molar-refractivity contribution >= 4 is 11.6 Å². The minimum Gasteiger partial charge on any atom is -0.495 e. The van der Waals surface area contributed by atoms with Crippen molar-refractivity contribution in [3.63, 3.8) is 0 Å². The zero-order valence-corrected chi connectivity index (χ0v) is 18.3. The largest absolute Gasteiger partial charge is 0.495 e. The summed E-state index contributed by atoms with van der Waals surface area (Å²) in [5, 5.41) is 12.6. The van der Waals surface area contributed by atoms with Crippen LogP contribution in [-0.2, 0) is 6.54 Å². The fraction of sp³-hybridized carbons (Fsp3) is 0.261. The summed E-state index contributed by atoms with van der Waals surface area (Å²) in [7, 11) is 8.75. The van der Waals surface area contributed by atoms with Crippen molar-refractivity contribution in [2.24, 2.45) is 0 Å². The number of methoxy groups -OCH3 is 3. The van der Waals surface area contributed by atoms with E-state index in [1.807, 2.05) is 32.3 Å². The molecule has 0 unspecified atom stereocenters. The van der Waals surface area contributed by atoms with Crippen LogP contribution in [0.4, 0.5) is 11.6 Å². The predicted molar refractivity (Wildman–Crippen MR) is 119 cm³/mol. The Labute approximate surface area is 182 Å². The lowest BCUT2D eigenvalue weighted by atomic mass is 10.1. The number of nitrogens with zero attached hydrogens (tertiary/aromatic N) is 4. The molecule has 160 valence electrons. The molecule has 0 bridgehead atoms. The van der Waals surface area contributed by atoms with Crippen molar-refractivity contribution in [2.75, 3.05) is 40.7 Å². The Hall–Kier alpha value is -3.83. The molecule has 3 aromatic rings. The summed E-state index contributed by atoms with van der Waals surface area (Å²) in [6.45, 7) is 0.679. The van der Waals surface area contributed by atoms with Crippen LogP contribution in [-0.4, -0.2) is 50.3 Å². The first-order chi connectivity index (χ1) is 15.0. The zero-order valence-electron chi connectivity index (χ0n) is 18.3. The van der Waals surface area contributed by atoms with Gasteiger partial charge in [-0.25, -0.2) is 9.97 Å². The van der Waals surface area contributed by atoms with E-state index in [-0.39, 0.29) is 0 Å². The van der Waals surface area contributed by atoms with Gasteiger partial charge in [0.15, 0.2) is 11.5 Å². The second-order valence-corrected chi connectivity index (χ2v) is 7.03. The van der Waals surface area contributed by atoms with E-state index in [9.17, 15) is 5.26 Å². The summed E-state index contributed by atoms with van der Waals surface area (Å²) in [4.78, 5) is 11.0. The molecule has 0 spiro atoms. The Morgan fingerprint density at radius 1 is 1.00 bits per heavy atom. The molecular formula is C23H25N5O3. The highest BCUT2D eigenvalue weighted by molar-refractivity contribution is 5.67. The lowest BCUT2D eigenvalue weighted by Crippen LogP contribution is -2.12. The minimum atomic E-state index is 0.426. The summed E-state index contributed by atoms with van der Waals surface area (Å²) in [5.74, 6) is 2.26. The zero-order chi connectivity index (χ0) is 22.4. The highest BCUT2D eigenvalue weighted by Gasteiger charge is 2.14. The van der Waals surface area contributed by atoms with Crippen molar-refractivity contribution in [2.45, 2.75) is 6.54 Å². The quantitative estimate of drug-likeness (QED) is 0.589. The van der Waals surface area contributed by atoms with Crippen LogP contribution in [0.5, 0.6) is 17.2 Å². The average Bonchev–Trinajstić information content (AvgIpc) is 2.78. The highest BCUT2D eigenvalue weighted by atomic mass is 16.5. The molecule has 0 saturated carbocycles. The van der Waals surface area contributed by atoms with Crippen LogP contribution in [0.3, 0.4) is 0 Å². The maximum atomic E-state index is 9.35. The number of nitrogens with one attached hydrogen (secondary N) is 1. The number of hydrogen-bond acceptors (Lipinski definition) is 8. The molecule has 1 aromatic heterocycles. The van der Waals surface area contributed by atoms with Crippen LogP contribution in [0.2, 0.25) is 0 Å². The fourth-order valence-corrected chi connectivity index (χ4v) is 3.24. The van der Waals surface area contributed by atoms with E-state index in [0.29, 0.717) is 41.0 Å². The third-order valence-corrected chi connectivity index (χ3v) is 4.57. The molecule has 2 aromatic carbocycles. The predicted octanol–water partition coefficient (Wildman–Crippen LogP) is 3.85. The number of ether oxygens (including phenoxy) is 3. The van der Waals surface area contributed by atoms with Crippen molar-refractivity contribution in [3.8, 4) is 34.6 Å². The fourth-order valence-electron chi connectivity index (χ4n) is 3.24. The van der Waals surface area contributed by atoms with Gasteiger partial charge in [-0.3, -0.25) is 0 Å². The first-order valence-corrected chi connectivity index (χ1v) is 9.57. The van der Waals surface area contributed by atoms with Crippen LogP contribution in [0.15, 0.2) is 42.6 Å². The molecular weight excluding hydrogens is 394 g/mol. The summed E-state index contributed by atoms with van der Waals surface area (Å²) < 4.78 is 16.3. The highest BCUT2D eigenvalue weighted by Crippen LogP contribution is 2.36. The maximum Gasteiger partial charge on any atom is 0.227 e. The van der Waals surface area contributed by atoms with Gasteiger partial charge >= 0.3 is 0 Å². The standard InChI is InChI=1S/C23H25N5O3/c1-28(2)14-17-11-18(12-21(30-4)22(17)31-5)26-23-25-9-8-19(27-23)15-6-7-20(29-3)16(10-15)13-24/h6-12H,14H2,1-5H3,(H,25,26,27). The summed E-state index contributed by atoms with van der Waals surface area (Å²) in [5.41, 5.74) is 3.67. The van der Waals surface area contributed by atoms with Crippen LogP contribution < -0.4 is 19.5 Å². The van der Waals surface area contributed by atoms with Crippen LogP contribution >= 0.6 is 0 Å². The van der Waals surface area contributed by atoms with Crippen molar-refractivity contribution in [3.05, 3.63) is 53.7 Å². The number of aromatic nitrogens is 2. The smallest absolute Gasteiger partial charge is 0.227 e. The molecule has 0 aliphatic heterocycles. The number of nitriles is 1. The second kappa shape index (κ2) is 9.78. The average molecular weight is 419 g/mol. The van der Waals surface area contributed by atoms with Crippen molar-refractivity contribution in [1.82, 2.24) is 14.9 Å². The van der Waals surface area contributed by atoms with E-state index in [4.69, 9.17) is 14.2 Å². The van der Waals surface area contributed by atoms with Gasteiger partial charge in [0, 0.05) is 35.6 Å². The molecule has 0 fully saturated rings. The third-order valence-electron chi connectivity index (χ3n) is 4.57. The van der Waals surface area contributed by atoms with Crippen LogP contribution in [0.1, 0.15) is 11.1 Å². The molecule has 1 heterocycles. The Bertz CT molecular complexity index is 1110. The molecule has 0 saturated heterocycles. The molecule has 0 amide bonds. The topological polar surface area (TPSA) is 92.5 Å². The SMILES string of the molecule is COc1ccc(-c2ccnc(Nc3cc(CN(C)C)c(OC)c(OC)c3)n2)cc1C#N. The normalized spacial score (nSPS) is 10.5. The Morgan fingerprint density at radius 2 is 1.77 bits per heavy atom. The third kappa shape index (κ3) is 5.02. The number of anilines is 2. The van der Waals surface area contributed by atoms with Gasteiger partial charge in [0.1, 0.15) is 11.8 Å². The molecule has 1 N–H and O–H groups in total. The van der Waals surface area contributed by atoms with E-state index in [2.05, 4.69) is 26.3 Å². The summed E-state index contributed by atoms with van der Waals surface area (Å²) >= 11 is 0. The van der Waals surface area contributed by atoms with Gasteiger partial charge in [-0.15, -0.1) is 0 Å². The summed E-state index contributed by atoms with van der Waals surface area (Å²) in [6, 6.07) is 13.1. The lowest BCUT2D eigenvalue weighted by Gasteiger charge is -2.18. The molecule has 8 nitrogen and oxygen atoms in total. The van der Waals surface area contributed by atoms with E-state index in [1.165, 1.54) is 7.11 Å². The van der Waals surface area contributed by atoms with Gasteiger partial charge < -0.3 is 24.4 Å². The lowest BCUT2D eigenvalue weighted by molar-refractivity contribution is 0.339. The first kappa shape index (κ1) is 21.9. The van der Waals surface area contributed by atoms with Crippen molar-refractivity contribution in [1.29, 1.82) is 5.26 Å². The molecule has 0 aliphatic carbocycles. The monoisotopic (exact) mass is 419 g/mol. The minimum absolute atomic E-state index is 0.426. The molecule has 31 heavy (non-hydrogen) atoms. The van der Waals surface area contributed by atoms with Gasteiger partial charge in [-0.1, -0.05) is 0 Å². The Balaban J connectivity index is 1.95. The van der Waals surface area contributed by atoms with Crippen LogP contribution in [0.25, 0.3) is 11.3 Å². The van der Waals surface area contributed by atoms with E-state index < -0.39 is 0 Å². The van der Waals surface area contributed by atoms with E-state index in [0.717, 1.165) is 16.8 Å². The molecule has 0 radical (unpaired) electrons.